The fourth-order valence-corrected chi connectivity index (χ4v) is 4.85. The first-order valence-electron chi connectivity index (χ1n) is 8.55. The number of non-ortho nitro benzene ring substituents is 1. The van der Waals surface area contributed by atoms with Crippen molar-refractivity contribution in [1.82, 2.24) is 0 Å². The number of methoxy groups -OCH3 is 1. The molecule has 0 heterocycles. The summed E-state index contributed by atoms with van der Waals surface area (Å²) in [5.41, 5.74) is 1.18. The summed E-state index contributed by atoms with van der Waals surface area (Å²) in [4.78, 5) is 10.6. The topological polar surface area (TPSA) is 95.7 Å². The molecule has 0 saturated heterocycles. The minimum absolute atomic E-state index is 0.0141. The molecular formula is C19H21NO6S. The van der Waals surface area contributed by atoms with Crippen molar-refractivity contribution in [1.29, 1.82) is 0 Å². The van der Waals surface area contributed by atoms with E-state index in [1.165, 1.54) is 25.3 Å². The Morgan fingerprint density at radius 3 is 2.30 bits per heavy atom. The fourth-order valence-electron chi connectivity index (χ4n) is 2.96. The number of sulfone groups is 1. The third-order valence-electron chi connectivity index (χ3n) is 4.50. The molecule has 1 aliphatic carbocycles. The number of hydrogen-bond donors (Lipinski definition) is 0. The molecule has 1 saturated carbocycles. The molecule has 8 heteroatoms. The largest absolute Gasteiger partial charge is 0.495 e. The van der Waals surface area contributed by atoms with Gasteiger partial charge in [-0.2, -0.15) is 0 Å². The van der Waals surface area contributed by atoms with E-state index in [1.807, 2.05) is 0 Å². The van der Waals surface area contributed by atoms with Crippen molar-refractivity contribution in [2.75, 3.05) is 12.9 Å². The maximum absolute atomic E-state index is 12.7. The summed E-state index contributed by atoms with van der Waals surface area (Å²) < 4.78 is 36.5. The number of rotatable bonds is 7. The molecule has 0 unspecified atom stereocenters. The molecule has 27 heavy (non-hydrogen) atoms. The number of hydrogen-bond acceptors (Lipinski definition) is 6. The second-order valence-electron chi connectivity index (χ2n) is 6.81. The van der Waals surface area contributed by atoms with E-state index >= 15 is 0 Å². The molecule has 0 radical (unpaired) electrons. The first-order valence-corrected chi connectivity index (χ1v) is 10.2. The van der Waals surface area contributed by atoms with Gasteiger partial charge >= 0.3 is 0 Å². The van der Waals surface area contributed by atoms with Gasteiger partial charge in [0.15, 0.2) is 9.84 Å². The number of nitro groups is 1. The summed E-state index contributed by atoms with van der Waals surface area (Å²) in [7, 11) is -2.06. The smallest absolute Gasteiger partial charge is 0.270 e. The maximum Gasteiger partial charge on any atom is 0.270 e. The Bertz CT molecular complexity index is 972. The minimum Gasteiger partial charge on any atom is -0.495 e. The van der Waals surface area contributed by atoms with Crippen LogP contribution in [0.5, 0.6) is 17.2 Å². The molecule has 0 aromatic heterocycles. The van der Waals surface area contributed by atoms with E-state index in [2.05, 4.69) is 0 Å². The molecule has 1 aliphatic rings. The Kier molecular flexibility index (Phi) is 5.10. The van der Waals surface area contributed by atoms with Crippen LogP contribution in [0.15, 0.2) is 35.2 Å². The third kappa shape index (κ3) is 4.21. The van der Waals surface area contributed by atoms with Gasteiger partial charge in [-0.1, -0.05) is 0 Å². The molecule has 0 N–H and O–H groups in total. The van der Waals surface area contributed by atoms with Gasteiger partial charge in [0.05, 0.1) is 17.8 Å². The number of aryl methyl sites for hydroxylation is 2. The lowest BCUT2D eigenvalue weighted by atomic mass is 10.1. The van der Waals surface area contributed by atoms with Gasteiger partial charge in [0.25, 0.3) is 5.69 Å². The quantitative estimate of drug-likeness (QED) is 0.518. The fraction of sp³-hybridized carbons (Fsp3) is 0.368. The molecule has 2 aromatic rings. The first-order chi connectivity index (χ1) is 12.7. The minimum atomic E-state index is -3.49. The van der Waals surface area contributed by atoms with Crippen molar-refractivity contribution in [3.05, 3.63) is 51.6 Å². The van der Waals surface area contributed by atoms with Crippen molar-refractivity contribution in [2.45, 2.75) is 31.6 Å². The molecule has 2 aromatic carbocycles. The van der Waals surface area contributed by atoms with Crippen LogP contribution in [-0.4, -0.2) is 26.2 Å². The van der Waals surface area contributed by atoms with Gasteiger partial charge in [-0.25, -0.2) is 8.42 Å². The van der Waals surface area contributed by atoms with E-state index in [9.17, 15) is 18.5 Å². The number of nitrogens with zero attached hydrogens (tertiary/aromatic N) is 1. The van der Waals surface area contributed by atoms with E-state index in [4.69, 9.17) is 9.47 Å². The highest BCUT2D eigenvalue weighted by molar-refractivity contribution is 7.91. The van der Waals surface area contributed by atoms with Crippen molar-refractivity contribution >= 4 is 15.5 Å². The molecule has 0 amide bonds. The number of nitro benzene ring substituents is 1. The Hall–Kier alpha value is -2.61. The van der Waals surface area contributed by atoms with Crippen LogP contribution in [0.25, 0.3) is 0 Å². The van der Waals surface area contributed by atoms with E-state index in [1.54, 1.807) is 26.0 Å². The zero-order valence-electron chi connectivity index (χ0n) is 15.4. The average Bonchev–Trinajstić information content (AvgIpc) is 3.41. The van der Waals surface area contributed by atoms with E-state index in [0.717, 1.165) is 12.8 Å². The van der Waals surface area contributed by atoms with Crippen LogP contribution >= 0.6 is 0 Å². The van der Waals surface area contributed by atoms with Crippen LogP contribution in [0.1, 0.15) is 24.0 Å². The summed E-state index contributed by atoms with van der Waals surface area (Å²) in [5.74, 6) is 1.40. The van der Waals surface area contributed by atoms with E-state index in [0.29, 0.717) is 22.6 Å². The molecule has 0 atom stereocenters. The lowest BCUT2D eigenvalue weighted by molar-refractivity contribution is -0.385. The van der Waals surface area contributed by atoms with Crippen molar-refractivity contribution in [3.8, 4) is 17.2 Å². The highest BCUT2D eigenvalue weighted by Crippen LogP contribution is 2.38. The molecule has 0 aliphatic heterocycles. The summed E-state index contributed by atoms with van der Waals surface area (Å²) in [6.45, 7) is 3.42. The second-order valence-corrected chi connectivity index (χ2v) is 8.81. The monoisotopic (exact) mass is 391 g/mol. The molecule has 1 fully saturated rings. The normalized spacial score (nSPS) is 14.0. The zero-order valence-corrected chi connectivity index (χ0v) is 16.2. The standard InChI is InChI=1S/C19H21NO6S/c1-12-8-15(20(21)22)9-13(2)19(12)26-16-6-7-17(25-3)18(10-16)27(23,24)11-14-4-5-14/h6-10,14H,4-5,11H2,1-3H3. The third-order valence-corrected chi connectivity index (χ3v) is 6.40. The van der Waals surface area contributed by atoms with Gasteiger partial charge in [-0.3, -0.25) is 10.1 Å². The Morgan fingerprint density at radius 1 is 1.15 bits per heavy atom. The number of ether oxygens (including phenoxy) is 2. The zero-order chi connectivity index (χ0) is 19.8. The first kappa shape index (κ1) is 19.2. The molecular weight excluding hydrogens is 370 g/mol. The Morgan fingerprint density at radius 2 is 1.78 bits per heavy atom. The van der Waals surface area contributed by atoms with Crippen LogP contribution in [0.3, 0.4) is 0 Å². The van der Waals surface area contributed by atoms with Crippen LogP contribution in [0.2, 0.25) is 0 Å². The summed E-state index contributed by atoms with van der Waals surface area (Å²) in [5, 5.41) is 11.0. The van der Waals surface area contributed by atoms with Gasteiger partial charge in [0.1, 0.15) is 22.1 Å². The predicted octanol–water partition coefficient (Wildman–Crippen LogP) is 4.20. The van der Waals surface area contributed by atoms with Crippen molar-refractivity contribution in [2.24, 2.45) is 5.92 Å². The Balaban J connectivity index is 1.97. The molecule has 144 valence electrons. The average molecular weight is 391 g/mol. The van der Waals surface area contributed by atoms with Gasteiger partial charge in [0, 0.05) is 18.2 Å². The van der Waals surface area contributed by atoms with Crippen LogP contribution < -0.4 is 9.47 Å². The molecule has 7 nitrogen and oxygen atoms in total. The van der Waals surface area contributed by atoms with Crippen LogP contribution in [-0.2, 0) is 9.84 Å². The summed E-state index contributed by atoms with van der Waals surface area (Å²) >= 11 is 0. The Labute approximate surface area is 158 Å². The van der Waals surface area contributed by atoms with Gasteiger partial charge < -0.3 is 9.47 Å². The highest BCUT2D eigenvalue weighted by Gasteiger charge is 2.31. The SMILES string of the molecule is COc1ccc(Oc2c(C)cc([N+](=O)[O-])cc2C)cc1S(=O)(=O)CC1CC1. The lowest BCUT2D eigenvalue weighted by Gasteiger charge is -2.14. The molecule has 3 rings (SSSR count). The van der Waals surface area contributed by atoms with Crippen molar-refractivity contribution < 1.29 is 22.8 Å². The van der Waals surface area contributed by atoms with Gasteiger partial charge in [-0.05, 0) is 55.9 Å². The lowest BCUT2D eigenvalue weighted by Crippen LogP contribution is -2.10. The van der Waals surface area contributed by atoms with Crippen LogP contribution in [0, 0.1) is 29.9 Å². The van der Waals surface area contributed by atoms with E-state index in [-0.39, 0.29) is 28.0 Å². The molecule has 0 bridgehead atoms. The van der Waals surface area contributed by atoms with Crippen molar-refractivity contribution in [3.63, 3.8) is 0 Å². The second kappa shape index (κ2) is 7.19. The summed E-state index contributed by atoms with van der Waals surface area (Å²) in [6, 6.07) is 7.49. The summed E-state index contributed by atoms with van der Waals surface area (Å²) in [6.07, 6.45) is 1.86. The van der Waals surface area contributed by atoms with Crippen LogP contribution in [0.4, 0.5) is 5.69 Å². The van der Waals surface area contributed by atoms with E-state index < -0.39 is 14.8 Å². The van der Waals surface area contributed by atoms with Gasteiger partial charge in [-0.15, -0.1) is 0 Å². The predicted molar refractivity (Wildman–Crippen MR) is 100 cm³/mol. The maximum atomic E-state index is 12.7. The highest BCUT2D eigenvalue weighted by atomic mass is 32.2. The van der Waals surface area contributed by atoms with Gasteiger partial charge in [0.2, 0.25) is 0 Å². The number of benzene rings is 2. The molecule has 0 spiro atoms.